The van der Waals surface area contributed by atoms with Crippen molar-refractivity contribution in [2.45, 2.75) is 13.0 Å². The molecule has 2 aromatic rings. The number of halogens is 3. The molecular formula is C9H7F3N2S. The molecule has 0 saturated heterocycles. The molecule has 0 aliphatic rings. The van der Waals surface area contributed by atoms with Crippen LogP contribution >= 0.6 is 11.3 Å². The fraction of sp³-hybridized carbons (Fsp3) is 0.222. The third-order valence-corrected chi connectivity index (χ3v) is 3.07. The summed E-state index contributed by atoms with van der Waals surface area (Å²) in [5, 5.41) is -0.371. The Morgan fingerprint density at radius 2 is 2.13 bits per heavy atom. The minimum atomic E-state index is -2.67. The van der Waals surface area contributed by atoms with Crippen LogP contribution in [0.4, 0.5) is 13.2 Å². The van der Waals surface area contributed by atoms with Crippen LogP contribution in [0.2, 0.25) is 0 Å². The predicted molar refractivity (Wildman–Crippen MR) is 52.4 cm³/mol. The Morgan fingerprint density at radius 1 is 1.40 bits per heavy atom. The fourth-order valence-electron chi connectivity index (χ4n) is 1.30. The molecule has 0 bridgehead atoms. The normalized spacial score (nSPS) is 11.5. The Bertz CT molecular complexity index is 495. The molecule has 1 aromatic carbocycles. The van der Waals surface area contributed by atoms with Gasteiger partial charge in [-0.1, -0.05) is 6.07 Å². The number of aromatic nitrogens is 1. The summed E-state index contributed by atoms with van der Waals surface area (Å²) < 4.78 is 38.1. The van der Waals surface area contributed by atoms with Crippen molar-refractivity contribution in [3.05, 3.63) is 28.5 Å². The van der Waals surface area contributed by atoms with Crippen molar-refractivity contribution in [2.24, 2.45) is 5.73 Å². The van der Waals surface area contributed by atoms with Crippen molar-refractivity contribution < 1.29 is 13.2 Å². The summed E-state index contributed by atoms with van der Waals surface area (Å²) in [4.78, 5) is 3.69. The van der Waals surface area contributed by atoms with Gasteiger partial charge in [0.15, 0.2) is 5.01 Å². The number of hydrogen-bond acceptors (Lipinski definition) is 3. The van der Waals surface area contributed by atoms with E-state index in [1.807, 2.05) is 0 Å². The van der Waals surface area contributed by atoms with Gasteiger partial charge in [-0.15, -0.1) is 11.3 Å². The zero-order valence-electron chi connectivity index (χ0n) is 7.51. The highest BCUT2D eigenvalue weighted by Crippen LogP contribution is 2.32. The maximum atomic E-state index is 13.3. The van der Waals surface area contributed by atoms with Crippen LogP contribution in [0, 0.1) is 5.82 Å². The molecule has 0 aliphatic heterocycles. The summed E-state index contributed by atoms with van der Waals surface area (Å²) in [6, 6.07) is 2.69. The van der Waals surface area contributed by atoms with E-state index in [4.69, 9.17) is 5.73 Å². The van der Waals surface area contributed by atoms with Gasteiger partial charge in [-0.25, -0.2) is 18.2 Å². The van der Waals surface area contributed by atoms with Gasteiger partial charge >= 0.3 is 0 Å². The van der Waals surface area contributed by atoms with Crippen molar-refractivity contribution in [2.75, 3.05) is 0 Å². The second kappa shape index (κ2) is 3.79. The summed E-state index contributed by atoms with van der Waals surface area (Å²) >= 11 is 0.670. The molecular weight excluding hydrogens is 225 g/mol. The summed E-state index contributed by atoms with van der Waals surface area (Å²) in [5.41, 5.74) is 6.23. The average Bonchev–Trinajstić information content (AvgIpc) is 2.64. The molecule has 0 unspecified atom stereocenters. The number of benzene rings is 1. The van der Waals surface area contributed by atoms with Crippen molar-refractivity contribution in [3.8, 4) is 0 Å². The number of fused-ring (bicyclic) bond motifs is 1. The van der Waals surface area contributed by atoms with Gasteiger partial charge in [-0.2, -0.15) is 0 Å². The SMILES string of the molecule is NCc1ccc(F)c2sc(C(F)F)nc12. The smallest absolute Gasteiger partial charge is 0.289 e. The Morgan fingerprint density at radius 3 is 2.73 bits per heavy atom. The standard InChI is InChI=1S/C9H7F3N2S/c10-5-2-1-4(3-13)6-7(5)15-9(14-6)8(11)12/h1-2,8H,3,13H2. The summed E-state index contributed by atoms with van der Waals surface area (Å²) in [5.74, 6) is -0.536. The summed E-state index contributed by atoms with van der Waals surface area (Å²) in [7, 11) is 0. The monoisotopic (exact) mass is 232 g/mol. The quantitative estimate of drug-likeness (QED) is 0.864. The average molecular weight is 232 g/mol. The van der Waals surface area contributed by atoms with Gasteiger partial charge in [0.25, 0.3) is 6.43 Å². The Hall–Kier alpha value is -1.14. The Balaban J connectivity index is 2.72. The van der Waals surface area contributed by atoms with Crippen LogP contribution < -0.4 is 5.73 Å². The molecule has 2 nitrogen and oxygen atoms in total. The first-order valence-electron chi connectivity index (χ1n) is 4.19. The number of alkyl halides is 2. The highest BCUT2D eigenvalue weighted by molar-refractivity contribution is 7.18. The van der Waals surface area contributed by atoms with E-state index in [2.05, 4.69) is 4.98 Å². The number of thiazole rings is 1. The molecule has 1 heterocycles. The Labute approximate surface area is 87.5 Å². The van der Waals surface area contributed by atoms with Gasteiger partial charge in [0, 0.05) is 6.54 Å². The van der Waals surface area contributed by atoms with Gasteiger partial charge in [-0.3, -0.25) is 0 Å². The maximum absolute atomic E-state index is 13.3. The number of nitrogens with zero attached hydrogens (tertiary/aromatic N) is 1. The molecule has 0 amide bonds. The maximum Gasteiger partial charge on any atom is 0.289 e. The number of nitrogens with two attached hydrogens (primary N) is 1. The highest BCUT2D eigenvalue weighted by atomic mass is 32.1. The van der Waals surface area contributed by atoms with E-state index in [-0.39, 0.29) is 21.8 Å². The van der Waals surface area contributed by atoms with E-state index >= 15 is 0 Å². The van der Waals surface area contributed by atoms with Crippen LogP contribution in [0.15, 0.2) is 12.1 Å². The van der Waals surface area contributed by atoms with Crippen LogP contribution in [0.5, 0.6) is 0 Å². The fourth-order valence-corrected chi connectivity index (χ4v) is 2.18. The van der Waals surface area contributed by atoms with Gasteiger partial charge in [0.1, 0.15) is 5.82 Å². The molecule has 0 radical (unpaired) electrons. The topological polar surface area (TPSA) is 38.9 Å². The second-order valence-corrected chi connectivity index (χ2v) is 3.97. The molecule has 1 aromatic heterocycles. The highest BCUT2D eigenvalue weighted by Gasteiger charge is 2.17. The minimum absolute atomic E-state index is 0.147. The van der Waals surface area contributed by atoms with Crippen LogP contribution in [0.3, 0.4) is 0 Å². The van der Waals surface area contributed by atoms with Crippen molar-refractivity contribution in [1.29, 1.82) is 0 Å². The lowest BCUT2D eigenvalue weighted by molar-refractivity contribution is 0.151. The molecule has 0 fully saturated rings. The van der Waals surface area contributed by atoms with E-state index in [1.165, 1.54) is 12.1 Å². The minimum Gasteiger partial charge on any atom is -0.326 e. The summed E-state index contributed by atoms with van der Waals surface area (Å²) in [6.07, 6.45) is -2.67. The van der Waals surface area contributed by atoms with Gasteiger partial charge in [0.05, 0.1) is 10.2 Å². The van der Waals surface area contributed by atoms with Crippen LogP contribution in [-0.2, 0) is 6.54 Å². The van der Waals surface area contributed by atoms with E-state index < -0.39 is 12.2 Å². The first kappa shape index (κ1) is 10.4. The van der Waals surface area contributed by atoms with E-state index in [0.29, 0.717) is 16.9 Å². The van der Waals surface area contributed by atoms with Gasteiger partial charge < -0.3 is 5.73 Å². The molecule has 0 saturated carbocycles. The van der Waals surface area contributed by atoms with Crippen molar-refractivity contribution in [3.63, 3.8) is 0 Å². The zero-order valence-corrected chi connectivity index (χ0v) is 8.32. The first-order valence-corrected chi connectivity index (χ1v) is 5.01. The lowest BCUT2D eigenvalue weighted by Gasteiger charge is -1.97. The number of rotatable bonds is 2. The zero-order chi connectivity index (χ0) is 11.0. The third-order valence-electron chi connectivity index (χ3n) is 2.00. The molecule has 15 heavy (non-hydrogen) atoms. The second-order valence-electron chi connectivity index (χ2n) is 2.94. The van der Waals surface area contributed by atoms with Crippen LogP contribution in [0.25, 0.3) is 10.2 Å². The predicted octanol–water partition coefficient (Wildman–Crippen LogP) is 2.83. The van der Waals surface area contributed by atoms with Gasteiger partial charge in [0.2, 0.25) is 0 Å². The summed E-state index contributed by atoms with van der Waals surface area (Å²) in [6.45, 7) is 0.156. The molecule has 2 N–H and O–H groups in total. The molecule has 6 heteroatoms. The molecule has 0 atom stereocenters. The van der Waals surface area contributed by atoms with Crippen molar-refractivity contribution in [1.82, 2.24) is 4.98 Å². The molecule has 0 spiro atoms. The van der Waals surface area contributed by atoms with E-state index in [9.17, 15) is 13.2 Å². The molecule has 0 aliphatic carbocycles. The molecule has 2 rings (SSSR count). The van der Waals surface area contributed by atoms with Crippen LogP contribution in [-0.4, -0.2) is 4.98 Å². The van der Waals surface area contributed by atoms with E-state index in [0.717, 1.165) is 0 Å². The van der Waals surface area contributed by atoms with Crippen molar-refractivity contribution >= 4 is 21.6 Å². The van der Waals surface area contributed by atoms with E-state index in [1.54, 1.807) is 0 Å². The first-order chi connectivity index (χ1) is 7.13. The van der Waals surface area contributed by atoms with Gasteiger partial charge in [-0.05, 0) is 11.6 Å². The number of hydrogen-bond donors (Lipinski definition) is 1. The molecule has 80 valence electrons. The Kier molecular flexibility index (Phi) is 2.62. The van der Waals surface area contributed by atoms with Crippen LogP contribution in [0.1, 0.15) is 17.0 Å². The lowest BCUT2D eigenvalue weighted by atomic mass is 10.2. The third kappa shape index (κ3) is 1.70. The largest absolute Gasteiger partial charge is 0.326 e. The lowest BCUT2D eigenvalue weighted by Crippen LogP contribution is -1.97.